The Labute approximate surface area is 97.2 Å². The van der Waals surface area contributed by atoms with Crippen LogP contribution in [0, 0.1) is 11.3 Å². The van der Waals surface area contributed by atoms with Gasteiger partial charge < -0.3 is 13.8 Å². The van der Waals surface area contributed by atoms with Crippen LogP contribution < -0.4 is 0 Å². The summed E-state index contributed by atoms with van der Waals surface area (Å²) in [5.41, 5.74) is -0.579. The smallest absolute Gasteiger partial charge is 0.346 e. The lowest BCUT2D eigenvalue weighted by Crippen LogP contribution is -2.27. The van der Waals surface area contributed by atoms with Crippen LogP contribution in [0.1, 0.15) is 34.6 Å². The van der Waals surface area contributed by atoms with Crippen LogP contribution in [0.15, 0.2) is 0 Å². The highest BCUT2D eigenvalue weighted by Gasteiger charge is 2.39. The van der Waals surface area contributed by atoms with E-state index in [2.05, 4.69) is 0 Å². The van der Waals surface area contributed by atoms with E-state index in [1.54, 1.807) is 34.6 Å². The van der Waals surface area contributed by atoms with E-state index < -0.39 is 19.0 Å². The minimum Gasteiger partial charge on any atom is -0.346 e. The Balaban J connectivity index is 4.87. The van der Waals surface area contributed by atoms with Gasteiger partial charge in [-0.15, -0.1) is 0 Å². The van der Waals surface area contributed by atoms with Crippen molar-refractivity contribution in [2.24, 2.45) is 0 Å². The molecule has 0 saturated heterocycles. The fraction of sp³-hybridized carbons (Fsp3) is 0.900. The Hall–Kier alpha value is -0.400. The van der Waals surface area contributed by atoms with Gasteiger partial charge in [-0.25, -0.2) is 0 Å². The van der Waals surface area contributed by atoms with Crippen molar-refractivity contribution in [3.63, 3.8) is 0 Å². The lowest BCUT2D eigenvalue weighted by Gasteiger charge is -2.27. The molecule has 0 radical (unpaired) electrons. The first-order chi connectivity index (χ1) is 7.29. The summed E-state index contributed by atoms with van der Waals surface area (Å²) in [5, 5.41) is 8.97. The standard InChI is InChI=1S/C10H20NO4P/c1-6-13-16(12,14-7-2)9(8-11)15-10(3,4)5/h9H,6-7H2,1-5H3. The van der Waals surface area contributed by atoms with E-state index in [-0.39, 0.29) is 13.2 Å². The van der Waals surface area contributed by atoms with E-state index in [1.807, 2.05) is 6.07 Å². The molecule has 0 aromatic rings. The Bertz CT molecular complexity index is 282. The monoisotopic (exact) mass is 249 g/mol. The lowest BCUT2D eigenvalue weighted by molar-refractivity contribution is -0.0160. The molecule has 0 aliphatic rings. The van der Waals surface area contributed by atoms with Crippen LogP contribution in [0.3, 0.4) is 0 Å². The third kappa shape index (κ3) is 5.09. The number of hydrogen-bond donors (Lipinski definition) is 0. The van der Waals surface area contributed by atoms with Crippen molar-refractivity contribution in [1.29, 1.82) is 5.26 Å². The molecular formula is C10H20NO4P. The summed E-state index contributed by atoms with van der Waals surface area (Å²) in [4.78, 5) is 0. The number of ether oxygens (including phenoxy) is 1. The molecule has 0 bridgehead atoms. The molecule has 94 valence electrons. The highest BCUT2D eigenvalue weighted by molar-refractivity contribution is 7.54. The zero-order valence-electron chi connectivity index (χ0n) is 10.5. The van der Waals surface area contributed by atoms with Gasteiger partial charge in [0.25, 0.3) is 0 Å². The second-order valence-corrected chi connectivity index (χ2v) is 6.15. The average molecular weight is 249 g/mol. The molecule has 0 N–H and O–H groups in total. The van der Waals surface area contributed by atoms with Gasteiger partial charge in [0.15, 0.2) is 0 Å². The molecule has 0 aliphatic heterocycles. The first kappa shape index (κ1) is 15.6. The van der Waals surface area contributed by atoms with Crippen molar-refractivity contribution in [3.8, 4) is 6.07 Å². The number of nitrogens with zero attached hydrogens (tertiary/aromatic N) is 1. The van der Waals surface area contributed by atoms with Gasteiger partial charge >= 0.3 is 7.60 Å². The number of hydrogen-bond acceptors (Lipinski definition) is 5. The van der Waals surface area contributed by atoms with Gasteiger partial charge in [-0.1, -0.05) is 0 Å². The van der Waals surface area contributed by atoms with Crippen molar-refractivity contribution >= 4 is 7.60 Å². The van der Waals surface area contributed by atoms with Gasteiger partial charge in [0, 0.05) is 0 Å². The van der Waals surface area contributed by atoms with Crippen LogP contribution in [0.5, 0.6) is 0 Å². The molecule has 0 fully saturated rings. The SMILES string of the molecule is CCOP(=O)(OCC)C(C#N)OC(C)(C)C. The Kier molecular flexibility index (Phi) is 6.20. The summed E-state index contributed by atoms with van der Waals surface area (Å²) < 4.78 is 27.7. The summed E-state index contributed by atoms with van der Waals surface area (Å²) >= 11 is 0. The molecule has 1 unspecified atom stereocenters. The predicted octanol–water partition coefficient (Wildman–Crippen LogP) is 2.92. The molecule has 6 heteroatoms. The molecule has 0 aromatic carbocycles. The van der Waals surface area contributed by atoms with Crippen molar-refractivity contribution in [3.05, 3.63) is 0 Å². The van der Waals surface area contributed by atoms with Gasteiger partial charge in [0.2, 0.25) is 5.85 Å². The maximum absolute atomic E-state index is 12.2. The number of rotatable bonds is 6. The van der Waals surface area contributed by atoms with E-state index in [1.165, 1.54) is 0 Å². The van der Waals surface area contributed by atoms with Crippen molar-refractivity contribution in [1.82, 2.24) is 0 Å². The fourth-order valence-corrected chi connectivity index (χ4v) is 2.68. The van der Waals surface area contributed by atoms with E-state index in [4.69, 9.17) is 19.0 Å². The van der Waals surface area contributed by atoms with Crippen molar-refractivity contribution < 1.29 is 18.3 Å². The summed E-state index contributed by atoms with van der Waals surface area (Å²) in [5.74, 6) is -1.19. The first-order valence-corrected chi connectivity index (χ1v) is 6.86. The summed E-state index contributed by atoms with van der Waals surface area (Å²) in [7, 11) is -3.51. The van der Waals surface area contributed by atoms with Crippen LogP contribution in [0.25, 0.3) is 0 Å². The van der Waals surface area contributed by atoms with E-state index in [0.717, 1.165) is 0 Å². The minimum atomic E-state index is -3.51. The van der Waals surface area contributed by atoms with Crippen LogP contribution in [0.2, 0.25) is 0 Å². The van der Waals surface area contributed by atoms with Crippen LogP contribution in [-0.4, -0.2) is 24.7 Å². The van der Waals surface area contributed by atoms with Crippen LogP contribution in [0.4, 0.5) is 0 Å². The topological polar surface area (TPSA) is 68.5 Å². The van der Waals surface area contributed by atoms with Gasteiger partial charge in [-0.05, 0) is 34.6 Å². The molecule has 16 heavy (non-hydrogen) atoms. The van der Waals surface area contributed by atoms with Crippen molar-refractivity contribution in [2.75, 3.05) is 13.2 Å². The summed E-state index contributed by atoms with van der Waals surface area (Å²) in [6.45, 7) is 9.14. The molecule has 0 amide bonds. The first-order valence-electron chi connectivity index (χ1n) is 5.25. The maximum atomic E-state index is 12.2. The lowest BCUT2D eigenvalue weighted by atomic mass is 10.2. The molecule has 0 spiro atoms. The normalized spacial score (nSPS) is 14.5. The van der Waals surface area contributed by atoms with Crippen LogP contribution in [-0.2, 0) is 18.3 Å². The average Bonchev–Trinajstić information content (AvgIpc) is 2.13. The molecule has 0 aromatic heterocycles. The fourth-order valence-electron chi connectivity index (χ4n) is 1.03. The molecule has 0 rings (SSSR count). The molecule has 0 heterocycles. The highest BCUT2D eigenvalue weighted by Crippen LogP contribution is 2.54. The Morgan fingerprint density at radius 2 is 1.69 bits per heavy atom. The van der Waals surface area contributed by atoms with E-state index >= 15 is 0 Å². The molecule has 0 aliphatic carbocycles. The predicted molar refractivity (Wildman–Crippen MR) is 61.1 cm³/mol. The second kappa shape index (κ2) is 6.36. The summed E-state index contributed by atoms with van der Waals surface area (Å²) in [6, 6.07) is 1.83. The van der Waals surface area contributed by atoms with Gasteiger partial charge in [0.1, 0.15) is 6.07 Å². The molecule has 5 nitrogen and oxygen atoms in total. The Morgan fingerprint density at radius 1 is 1.25 bits per heavy atom. The third-order valence-corrected chi connectivity index (χ3v) is 3.51. The quantitative estimate of drug-likeness (QED) is 0.677. The molecular weight excluding hydrogens is 229 g/mol. The van der Waals surface area contributed by atoms with E-state index in [9.17, 15) is 4.57 Å². The summed E-state index contributed by atoms with van der Waals surface area (Å²) in [6.07, 6.45) is 0. The van der Waals surface area contributed by atoms with Gasteiger partial charge in [0.05, 0.1) is 18.8 Å². The van der Waals surface area contributed by atoms with Crippen LogP contribution >= 0.6 is 7.60 Å². The molecule has 1 atom stereocenters. The van der Waals surface area contributed by atoms with Gasteiger partial charge in [-0.2, -0.15) is 5.26 Å². The van der Waals surface area contributed by atoms with Gasteiger partial charge in [-0.3, -0.25) is 4.57 Å². The maximum Gasteiger partial charge on any atom is 0.373 e. The minimum absolute atomic E-state index is 0.211. The zero-order chi connectivity index (χ0) is 12.8. The molecule has 0 saturated carbocycles. The Morgan fingerprint density at radius 3 is 1.94 bits per heavy atom. The number of nitriles is 1. The van der Waals surface area contributed by atoms with Crippen molar-refractivity contribution in [2.45, 2.75) is 46.1 Å². The zero-order valence-corrected chi connectivity index (χ0v) is 11.4. The third-order valence-electron chi connectivity index (χ3n) is 1.48. The van der Waals surface area contributed by atoms with E-state index in [0.29, 0.717) is 0 Å². The second-order valence-electron chi connectivity index (χ2n) is 4.09. The highest BCUT2D eigenvalue weighted by atomic mass is 31.2. The largest absolute Gasteiger partial charge is 0.373 e.